The van der Waals surface area contributed by atoms with Crippen LogP contribution >= 0.6 is 0 Å². The lowest BCUT2D eigenvalue weighted by molar-refractivity contribution is 0.226. The van der Waals surface area contributed by atoms with E-state index in [1.54, 1.807) is 0 Å². The van der Waals surface area contributed by atoms with Crippen molar-refractivity contribution in [1.29, 1.82) is 0 Å². The fraction of sp³-hybridized carbons (Fsp3) is 0.333. The van der Waals surface area contributed by atoms with Crippen molar-refractivity contribution in [1.82, 2.24) is 10.4 Å². The molecule has 0 aromatic heterocycles. The molecule has 150 valence electrons. The van der Waals surface area contributed by atoms with Crippen LogP contribution in [0.2, 0.25) is 0 Å². The zero-order valence-corrected chi connectivity index (χ0v) is 17.1. The average Bonchev–Trinajstić information content (AvgIpc) is 2.99. The van der Waals surface area contributed by atoms with Gasteiger partial charge in [0.2, 0.25) is 5.96 Å². The van der Waals surface area contributed by atoms with Crippen LogP contribution in [0.4, 0.5) is 5.69 Å². The number of nitrogens with one attached hydrogen (secondary N) is 1. The third-order valence-electron chi connectivity index (χ3n) is 5.36. The maximum atomic E-state index is 5.06. The smallest absolute Gasteiger partial charge is 0.214 e. The molecule has 2 aliphatic rings. The molecule has 0 amide bonds. The van der Waals surface area contributed by atoms with E-state index in [1.807, 2.05) is 12.1 Å². The van der Waals surface area contributed by atoms with Crippen molar-refractivity contribution < 1.29 is 0 Å². The van der Waals surface area contributed by atoms with E-state index in [0.717, 1.165) is 48.0 Å². The fourth-order valence-electron chi connectivity index (χ4n) is 3.94. The van der Waals surface area contributed by atoms with Gasteiger partial charge in [-0.05, 0) is 12.5 Å². The fourth-order valence-corrected chi connectivity index (χ4v) is 3.94. The number of hydrogen-bond donors (Lipinski definition) is 1. The molecule has 1 atom stereocenters. The largest absolute Gasteiger partial charge is 0.291 e. The molecule has 4 rings (SSSR count). The van der Waals surface area contributed by atoms with Crippen LogP contribution in [-0.4, -0.2) is 42.5 Å². The minimum atomic E-state index is 0.0697. The Morgan fingerprint density at radius 1 is 1.14 bits per heavy atom. The van der Waals surface area contributed by atoms with Crippen LogP contribution < -0.4 is 10.3 Å². The Hall–Kier alpha value is -2.92. The Labute approximate surface area is 173 Å². The second-order valence-corrected chi connectivity index (χ2v) is 7.39. The highest BCUT2D eigenvalue weighted by atomic mass is 15.7. The quantitative estimate of drug-likeness (QED) is 0.571. The first-order valence-electron chi connectivity index (χ1n) is 10.5. The molecule has 0 saturated carbocycles. The number of rotatable bonds is 7. The zero-order valence-electron chi connectivity index (χ0n) is 17.1. The van der Waals surface area contributed by atoms with Crippen molar-refractivity contribution in [2.24, 2.45) is 9.98 Å². The van der Waals surface area contributed by atoms with Gasteiger partial charge in [-0.3, -0.25) is 20.3 Å². The van der Waals surface area contributed by atoms with Crippen LogP contribution in [0.5, 0.6) is 0 Å². The highest BCUT2D eigenvalue weighted by Crippen LogP contribution is 2.32. The summed E-state index contributed by atoms with van der Waals surface area (Å²) in [7, 11) is 0. The van der Waals surface area contributed by atoms with Crippen LogP contribution in [0, 0.1) is 0 Å². The van der Waals surface area contributed by atoms with Gasteiger partial charge in [0.1, 0.15) is 6.17 Å². The van der Waals surface area contributed by atoms with Crippen molar-refractivity contribution >= 4 is 17.4 Å². The molecule has 0 spiro atoms. The lowest BCUT2D eigenvalue weighted by Gasteiger charge is -2.26. The Bertz CT molecular complexity index is 902. The molecule has 2 aromatic rings. The van der Waals surface area contributed by atoms with Crippen molar-refractivity contribution in [3.63, 3.8) is 0 Å². The number of fused-ring (bicyclic) bond motifs is 3. The van der Waals surface area contributed by atoms with E-state index in [1.165, 1.54) is 12.8 Å². The summed E-state index contributed by atoms with van der Waals surface area (Å²) in [6.07, 6.45) is 5.50. The Kier molecular flexibility index (Phi) is 6.06. The molecule has 5 nitrogen and oxygen atoms in total. The first-order valence-corrected chi connectivity index (χ1v) is 10.5. The molecule has 1 N–H and O–H groups in total. The SMILES string of the molecule is C=CCN1NC(=NCCCCC)N2c3ccccc3C(c3ccccc3)=NCC12. The van der Waals surface area contributed by atoms with Gasteiger partial charge in [-0.1, -0.05) is 74.4 Å². The predicted molar refractivity (Wildman–Crippen MR) is 122 cm³/mol. The van der Waals surface area contributed by atoms with Gasteiger partial charge in [-0.2, -0.15) is 5.01 Å². The number of hydrazine groups is 1. The Morgan fingerprint density at radius 2 is 1.93 bits per heavy atom. The molecule has 2 aromatic carbocycles. The third kappa shape index (κ3) is 3.96. The van der Waals surface area contributed by atoms with Crippen molar-refractivity contribution in [3.8, 4) is 0 Å². The summed E-state index contributed by atoms with van der Waals surface area (Å²) in [6, 6.07) is 19.0. The monoisotopic (exact) mass is 387 g/mol. The molecule has 0 aliphatic carbocycles. The van der Waals surface area contributed by atoms with Gasteiger partial charge >= 0.3 is 0 Å². The topological polar surface area (TPSA) is 43.2 Å². The predicted octanol–water partition coefficient (Wildman–Crippen LogP) is 4.22. The minimum Gasteiger partial charge on any atom is -0.291 e. The molecule has 5 heteroatoms. The summed E-state index contributed by atoms with van der Waals surface area (Å²) in [6.45, 7) is 8.37. The number of aliphatic imine (C=N–C) groups is 2. The molecule has 2 heterocycles. The van der Waals surface area contributed by atoms with E-state index in [2.05, 4.69) is 77.4 Å². The number of anilines is 1. The van der Waals surface area contributed by atoms with E-state index in [0.29, 0.717) is 6.54 Å². The summed E-state index contributed by atoms with van der Waals surface area (Å²) in [5.41, 5.74) is 7.98. The van der Waals surface area contributed by atoms with Gasteiger partial charge in [-0.15, -0.1) is 6.58 Å². The highest BCUT2D eigenvalue weighted by molar-refractivity contribution is 6.18. The van der Waals surface area contributed by atoms with Gasteiger partial charge in [0.25, 0.3) is 0 Å². The molecule has 29 heavy (non-hydrogen) atoms. The van der Waals surface area contributed by atoms with Crippen LogP contribution in [0.25, 0.3) is 0 Å². The van der Waals surface area contributed by atoms with E-state index >= 15 is 0 Å². The molecule has 1 saturated heterocycles. The molecule has 1 unspecified atom stereocenters. The second-order valence-electron chi connectivity index (χ2n) is 7.39. The molecule has 0 bridgehead atoms. The van der Waals surface area contributed by atoms with Gasteiger partial charge < -0.3 is 0 Å². The number of unbranched alkanes of at least 4 members (excludes halogenated alkanes) is 2. The summed E-state index contributed by atoms with van der Waals surface area (Å²) in [5, 5.41) is 2.18. The maximum absolute atomic E-state index is 5.06. The summed E-state index contributed by atoms with van der Waals surface area (Å²) in [4.78, 5) is 12.3. The molecular weight excluding hydrogens is 358 g/mol. The maximum Gasteiger partial charge on any atom is 0.214 e. The summed E-state index contributed by atoms with van der Waals surface area (Å²) in [5.74, 6) is 0.907. The normalized spacial score (nSPS) is 19.9. The van der Waals surface area contributed by atoms with Gasteiger partial charge in [-0.25, -0.2) is 0 Å². The summed E-state index contributed by atoms with van der Waals surface area (Å²) < 4.78 is 0. The van der Waals surface area contributed by atoms with E-state index in [4.69, 9.17) is 9.98 Å². The third-order valence-corrected chi connectivity index (χ3v) is 5.36. The molecule has 0 radical (unpaired) electrons. The number of hydrogen-bond acceptors (Lipinski definition) is 3. The Morgan fingerprint density at radius 3 is 2.72 bits per heavy atom. The van der Waals surface area contributed by atoms with Crippen LogP contribution in [-0.2, 0) is 0 Å². The van der Waals surface area contributed by atoms with Crippen molar-refractivity contribution in [2.75, 3.05) is 24.5 Å². The summed E-state index contributed by atoms with van der Waals surface area (Å²) >= 11 is 0. The van der Waals surface area contributed by atoms with Gasteiger partial charge in [0, 0.05) is 24.2 Å². The first kappa shape index (κ1) is 19.4. The van der Waals surface area contributed by atoms with Crippen LogP contribution in [0.3, 0.4) is 0 Å². The van der Waals surface area contributed by atoms with Crippen LogP contribution in [0.1, 0.15) is 37.3 Å². The standard InChI is InChI=1S/C24H29N5/c1-3-5-11-16-25-24-27-28(17-4-2)22-18-26-23(19-12-7-6-8-13-19)20-14-9-10-15-21(20)29(22)24/h4,6-10,12-15,22H,2-3,5,11,16-18H2,1H3,(H,25,27). The minimum absolute atomic E-state index is 0.0697. The van der Waals surface area contributed by atoms with Crippen molar-refractivity contribution in [3.05, 3.63) is 78.4 Å². The van der Waals surface area contributed by atoms with Crippen LogP contribution in [0.15, 0.2) is 77.2 Å². The number of guanidine groups is 1. The lowest BCUT2D eigenvalue weighted by atomic mass is 10.0. The Balaban J connectivity index is 1.76. The second kappa shape index (κ2) is 9.05. The molecule has 2 aliphatic heterocycles. The number of benzene rings is 2. The van der Waals surface area contributed by atoms with Gasteiger partial charge in [0.05, 0.1) is 17.9 Å². The number of nitrogens with zero attached hydrogens (tertiary/aromatic N) is 4. The zero-order chi connectivity index (χ0) is 20.1. The van der Waals surface area contributed by atoms with E-state index in [9.17, 15) is 0 Å². The highest BCUT2D eigenvalue weighted by Gasteiger charge is 2.39. The molecule has 1 fully saturated rings. The van der Waals surface area contributed by atoms with E-state index in [-0.39, 0.29) is 6.17 Å². The molecular formula is C24H29N5. The lowest BCUT2D eigenvalue weighted by Crippen LogP contribution is -2.43. The number of para-hydroxylation sites is 1. The first-order chi connectivity index (χ1) is 14.3. The van der Waals surface area contributed by atoms with E-state index < -0.39 is 0 Å². The van der Waals surface area contributed by atoms with Crippen molar-refractivity contribution in [2.45, 2.75) is 32.4 Å². The average molecular weight is 388 g/mol. The van der Waals surface area contributed by atoms with Gasteiger partial charge in [0.15, 0.2) is 0 Å².